The quantitative estimate of drug-likeness (QED) is 0.595. The van der Waals surface area contributed by atoms with Crippen molar-refractivity contribution in [3.8, 4) is 23.9 Å². The number of hydrogen-bond acceptors (Lipinski definition) is 1. The van der Waals surface area contributed by atoms with E-state index < -0.39 is 0 Å². The summed E-state index contributed by atoms with van der Waals surface area (Å²) < 4.78 is 1.66. The Morgan fingerprint density at radius 1 is 1.23 bits per heavy atom. The van der Waals surface area contributed by atoms with Crippen LogP contribution >= 0.6 is 0 Å². The van der Waals surface area contributed by atoms with Crippen molar-refractivity contribution in [3.63, 3.8) is 0 Å². The predicted molar refractivity (Wildman–Crippen MR) is 51.9 cm³/mol. The molecule has 0 bridgehead atoms. The first-order valence-electron chi connectivity index (χ1n) is 3.97. The lowest BCUT2D eigenvalue weighted by Crippen LogP contribution is -1.90. The molecule has 1 aromatic carbocycles. The van der Waals surface area contributed by atoms with Crippen LogP contribution in [0.25, 0.3) is 11.4 Å². The number of terminal acetylenes is 1. The molecule has 0 aliphatic heterocycles. The van der Waals surface area contributed by atoms with Crippen LogP contribution in [-0.4, -0.2) is 9.55 Å². The number of rotatable bonds is 1. The van der Waals surface area contributed by atoms with Crippen LogP contribution in [0.4, 0.5) is 0 Å². The van der Waals surface area contributed by atoms with Gasteiger partial charge in [0.1, 0.15) is 0 Å². The second-order valence-corrected chi connectivity index (χ2v) is 2.62. The van der Waals surface area contributed by atoms with Crippen molar-refractivity contribution in [3.05, 3.63) is 42.7 Å². The molecule has 0 N–H and O–H groups in total. The molecule has 1 aromatic heterocycles. The molecular weight excluding hydrogens is 160 g/mol. The Morgan fingerprint density at radius 3 is 2.69 bits per heavy atom. The molecule has 0 fully saturated rings. The summed E-state index contributed by atoms with van der Waals surface area (Å²) in [7, 11) is 0. The highest BCUT2D eigenvalue weighted by Crippen LogP contribution is 2.15. The van der Waals surface area contributed by atoms with Gasteiger partial charge in [0.25, 0.3) is 0 Å². The van der Waals surface area contributed by atoms with Gasteiger partial charge in [-0.1, -0.05) is 36.8 Å². The van der Waals surface area contributed by atoms with E-state index >= 15 is 0 Å². The fourth-order valence-corrected chi connectivity index (χ4v) is 1.21. The molecule has 0 unspecified atom stereocenters. The zero-order chi connectivity index (χ0) is 9.10. The highest BCUT2D eigenvalue weighted by atomic mass is 15.0. The molecule has 0 amide bonds. The fraction of sp³-hybridized carbons (Fsp3) is 0. The van der Waals surface area contributed by atoms with Gasteiger partial charge < -0.3 is 0 Å². The molecule has 0 aliphatic rings. The van der Waals surface area contributed by atoms with Gasteiger partial charge in [-0.05, 0) is 0 Å². The lowest BCUT2D eigenvalue weighted by molar-refractivity contribution is 1.13. The Labute approximate surface area is 76.9 Å². The van der Waals surface area contributed by atoms with E-state index in [1.807, 2.05) is 30.3 Å². The lowest BCUT2D eigenvalue weighted by atomic mass is 10.2. The Hall–Kier alpha value is -2.01. The molecule has 13 heavy (non-hydrogen) atoms. The van der Waals surface area contributed by atoms with E-state index in [2.05, 4.69) is 11.0 Å². The third kappa shape index (κ3) is 1.32. The summed E-state index contributed by atoms with van der Waals surface area (Å²) in [4.78, 5) is 4.18. The molecule has 2 nitrogen and oxygen atoms in total. The first kappa shape index (κ1) is 7.63. The molecule has 0 spiro atoms. The van der Waals surface area contributed by atoms with Crippen molar-refractivity contribution in [2.75, 3.05) is 0 Å². The SMILES string of the molecule is C#Cn1ccnc1-c1ccccc1. The molecule has 1 heterocycles. The number of imidazole rings is 1. The average molecular weight is 168 g/mol. The molecule has 0 aliphatic carbocycles. The molecule has 2 rings (SSSR count). The number of nitrogens with zero attached hydrogens (tertiary/aromatic N) is 2. The van der Waals surface area contributed by atoms with Crippen LogP contribution in [-0.2, 0) is 0 Å². The van der Waals surface area contributed by atoms with E-state index in [4.69, 9.17) is 6.42 Å². The van der Waals surface area contributed by atoms with Crippen LogP contribution in [0.3, 0.4) is 0 Å². The van der Waals surface area contributed by atoms with Crippen molar-refractivity contribution in [2.45, 2.75) is 0 Å². The second kappa shape index (κ2) is 3.16. The van der Waals surface area contributed by atoms with Crippen LogP contribution < -0.4 is 0 Å². The Kier molecular flexibility index (Phi) is 1.85. The summed E-state index contributed by atoms with van der Waals surface area (Å²) in [6, 6.07) is 12.4. The summed E-state index contributed by atoms with van der Waals surface area (Å²) in [6.07, 6.45) is 8.77. The van der Waals surface area contributed by atoms with Crippen LogP contribution in [0.15, 0.2) is 42.7 Å². The van der Waals surface area contributed by atoms with Gasteiger partial charge >= 0.3 is 0 Å². The molecule has 0 atom stereocenters. The van der Waals surface area contributed by atoms with Gasteiger partial charge in [0.15, 0.2) is 5.82 Å². The summed E-state index contributed by atoms with van der Waals surface area (Å²) in [5, 5.41) is 0. The van der Waals surface area contributed by atoms with E-state index in [1.54, 1.807) is 17.0 Å². The maximum absolute atomic E-state index is 5.31. The smallest absolute Gasteiger partial charge is 0.151 e. The summed E-state index contributed by atoms with van der Waals surface area (Å²) in [6.45, 7) is 0. The summed E-state index contributed by atoms with van der Waals surface area (Å²) >= 11 is 0. The van der Waals surface area contributed by atoms with Gasteiger partial charge in [0.05, 0.1) is 0 Å². The normalized spacial score (nSPS) is 9.46. The van der Waals surface area contributed by atoms with Gasteiger partial charge in [0, 0.05) is 24.0 Å². The minimum absolute atomic E-state index is 0.808. The topological polar surface area (TPSA) is 17.8 Å². The van der Waals surface area contributed by atoms with Crippen LogP contribution in [0.5, 0.6) is 0 Å². The highest BCUT2D eigenvalue weighted by molar-refractivity contribution is 5.56. The maximum atomic E-state index is 5.31. The lowest BCUT2D eigenvalue weighted by Gasteiger charge is -1.98. The van der Waals surface area contributed by atoms with Gasteiger partial charge in [-0.2, -0.15) is 0 Å². The molecule has 62 valence electrons. The Bertz CT molecular complexity index is 435. The molecule has 2 heteroatoms. The van der Waals surface area contributed by atoms with Crippen LogP contribution in [0.1, 0.15) is 0 Å². The summed E-state index contributed by atoms with van der Waals surface area (Å²) in [5.41, 5.74) is 1.03. The van der Waals surface area contributed by atoms with Crippen molar-refractivity contribution in [2.24, 2.45) is 0 Å². The average Bonchev–Trinajstić information content (AvgIpc) is 2.67. The first-order chi connectivity index (χ1) is 6.42. The summed E-state index contributed by atoms with van der Waals surface area (Å²) in [5.74, 6) is 0.808. The van der Waals surface area contributed by atoms with E-state index in [0.29, 0.717) is 0 Å². The first-order valence-corrected chi connectivity index (χ1v) is 3.97. The van der Waals surface area contributed by atoms with Crippen molar-refractivity contribution >= 4 is 0 Å². The molecule has 0 saturated carbocycles. The maximum Gasteiger partial charge on any atom is 0.151 e. The fourth-order valence-electron chi connectivity index (χ4n) is 1.21. The second-order valence-electron chi connectivity index (χ2n) is 2.62. The standard InChI is InChI=1S/C11H8N2/c1-2-13-9-8-12-11(13)10-6-4-3-5-7-10/h1,3-9H. The number of benzene rings is 1. The molecule has 0 saturated heterocycles. The minimum atomic E-state index is 0.808. The van der Waals surface area contributed by atoms with Crippen molar-refractivity contribution < 1.29 is 0 Å². The van der Waals surface area contributed by atoms with E-state index in [9.17, 15) is 0 Å². The van der Waals surface area contributed by atoms with E-state index in [0.717, 1.165) is 11.4 Å². The highest BCUT2D eigenvalue weighted by Gasteiger charge is 2.01. The number of aromatic nitrogens is 2. The van der Waals surface area contributed by atoms with Crippen molar-refractivity contribution in [1.82, 2.24) is 9.55 Å². The number of hydrogen-bond donors (Lipinski definition) is 0. The zero-order valence-corrected chi connectivity index (χ0v) is 7.01. The van der Waals surface area contributed by atoms with Gasteiger partial charge in [-0.15, -0.1) is 0 Å². The van der Waals surface area contributed by atoms with E-state index in [1.165, 1.54) is 0 Å². The van der Waals surface area contributed by atoms with Crippen molar-refractivity contribution in [1.29, 1.82) is 0 Å². The Balaban J connectivity index is 2.54. The Morgan fingerprint density at radius 2 is 2.00 bits per heavy atom. The monoisotopic (exact) mass is 168 g/mol. The van der Waals surface area contributed by atoms with E-state index in [-0.39, 0.29) is 0 Å². The molecule has 0 radical (unpaired) electrons. The molecular formula is C11H8N2. The van der Waals surface area contributed by atoms with Gasteiger partial charge in [-0.3, -0.25) is 4.57 Å². The third-order valence-electron chi connectivity index (χ3n) is 1.81. The zero-order valence-electron chi connectivity index (χ0n) is 7.01. The molecule has 2 aromatic rings. The third-order valence-corrected chi connectivity index (χ3v) is 1.81. The van der Waals surface area contributed by atoms with Crippen LogP contribution in [0.2, 0.25) is 0 Å². The largest absolute Gasteiger partial charge is 0.259 e. The van der Waals surface area contributed by atoms with Crippen LogP contribution in [0, 0.1) is 12.5 Å². The van der Waals surface area contributed by atoms with Gasteiger partial charge in [0.2, 0.25) is 0 Å². The predicted octanol–water partition coefficient (Wildman–Crippen LogP) is 1.99. The van der Waals surface area contributed by atoms with Gasteiger partial charge in [-0.25, -0.2) is 4.98 Å². The minimum Gasteiger partial charge on any atom is -0.259 e.